The highest BCUT2D eigenvalue weighted by molar-refractivity contribution is 5.77. The number of hydrogen-bond acceptors (Lipinski definition) is 6. The molecule has 2 aliphatic rings. The van der Waals surface area contributed by atoms with Gasteiger partial charge in [-0.15, -0.1) is 0 Å². The van der Waals surface area contributed by atoms with Crippen molar-refractivity contribution in [2.45, 2.75) is 62.2 Å². The molecule has 0 bridgehead atoms. The Bertz CT molecular complexity index is 1070. The lowest BCUT2D eigenvalue weighted by Crippen LogP contribution is -2.36. The van der Waals surface area contributed by atoms with Gasteiger partial charge in [-0.25, -0.2) is 13.2 Å². The van der Waals surface area contributed by atoms with E-state index in [1.807, 2.05) is 0 Å². The van der Waals surface area contributed by atoms with Crippen LogP contribution in [-0.2, 0) is 21.4 Å². The van der Waals surface area contributed by atoms with Gasteiger partial charge in [0.15, 0.2) is 17.5 Å². The van der Waals surface area contributed by atoms with Crippen LogP contribution in [0.5, 0.6) is 0 Å². The largest absolute Gasteiger partial charge is 0.483 e. The van der Waals surface area contributed by atoms with Crippen LogP contribution in [0.1, 0.15) is 55.4 Å². The molecule has 2 fully saturated rings. The number of nitrogens with zero attached hydrogens (tertiary/aromatic N) is 3. The summed E-state index contributed by atoms with van der Waals surface area (Å²) in [6.45, 7) is 0.0673. The maximum Gasteiger partial charge on any atom is 0.401 e. The van der Waals surface area contributed by atoms with Gasteiger partial charge in [-0.05, 0) is 43.7 Å². The third kappa shape index (κ3) is 5.57. The van der Waals surface area contributed by atoms with Crippen molar-refractivity contribution in [3.05, 3.63) is 46.9 Å². The van der Waals surface area contributed by atoms with Crippen LogP contribution in [-0.4, -0.2) is 51.3 Å². The Morgan fingerprint density at radius 3 is 2.49 bits per heavy atom. The van der Waals surface area contributed by atoms with E-state index in [0.717, 1.165) is 0 Å². The normalized spacial score (nSPS) is 19.6. The van der Waals surface area contributed by atoms with E-state index in [-0.39, 0.29) is 43.6 Å². The molecule has 1 aliphatic heterocycles. The van der Waals surface area contributed by atoms with Crippen molar-refractivity contribution in [1.82, 2.24) is 15.0 Å². The van der Waals surface area contributed by atoms with Crippen LogP contribution < -0.4 is 5.73 Å². The molecule has 0 spiro atoms. The van der Waals surface area contributed by atoms with E-state index in [1.54, 1.807) is 0 Å². The first-order chi connectivity index (χ1) is 16.4. The quantitative estimate of drug-likeness (QED) is 0.348. The predicted octanol–water partition coefficient (Wildman–Crippen LogP) is 3.41. The fraction of sp³-hybridized carbons (Fsp3) is 0.524. The number of carboxylic acid groups (broad SMARTS) is 1. The molecule has 1 saturated carbocycles. The number of halogens is 6. The Balaban J connectivity index is 0.00000108. The van der Waals surface area contributed by atoms with E-state index in [9.17, 15) is 31.1 Å². The Labute approximate surface area is 195 Å². The molecular formula is C21H22F6N4O4. The maximum atomic E-state index is 13.8. The van der Waals surface area contributed by atoms with E-state index < -0.39 is 52.9 Å². The highest BCUT2D eigenvalue weighted by Crippen LogP contribution is 2.58. The summed E-state index contributed by atoms with van der Waals surface area (Å²) in [5, 5.41) is 10.4. The topological polar surface area (TPSA) is 123 Å². The van der Waals surface area contributed by atoms with Crippen LogP contribution >= 0.6 is 0 Å². The van der Waals surface area contributed by atoms with Gasteiger partial charge >= 0.3 is 6.18 Å². The summed E-state index contributed by atoms with van der Waals surface area (Å²) in [5.74, 6) is -4.44. The van der Waals surface area contributed by atoms with Gasteiger partial charge in [0.05, 0.1) is 0 Å². The number of hydrogen-bond donors (Lipinski definition) is 2. The molecule has 2 heterocycles. The zero-order valence-electron chi connectivity index (χ0n) is 18.2. The minimum Gasteiger partial charge on any atom is -0.483 e. The van der Waals surface area contributed by atoms with Gasteiger partial charge in [-0.3, -0.25) is 9.59 Å². The second kappa shape index (κ2) is 10.2. The Kier molecular flexibility index (Phi) is 7.72. The zero-order valence-corrected chi connectivity index (χ0v) is 18.2. The molecule has 0 unspecified atom stereocenters. The molecule has 1 aromatic heterocycles. The van der Waals surface area contributed by atoms with E-state index in [0.29, 0.717) is 31.5 Å². The van der Waals surface area contributed by atoms with Crippen molar-refractivity contribution >= 4 is 12.4 Å². The van der Waals surface area contributed by atoms with Crippen LogP contribution in [0.3, 0.4) is 0 Å². The number of alkyl halides is 3. The molecule has 1 aliphatic carbocycles. The first kappa shape index (κ1) is 26.4. The molecule has 8 nitrogen and oxygen atoms in total. The van der Waals surface area contributed by atoms with E-state index in [1.165, 1.54) is 4.90 Å². The standard InChI is InChI=1S/C20H20F6N4O2.CH2O2/c21-12-9-14(23)13(22)7-10(12)6-11(27)8-16(31)30-5-1-2-15(30)17-28-18(29-32-17)19(3-4-19)20(24,25)26;2-1-3/h7,9,11,15H,1-6,8,27H2;1H,(H,2,3)/t11-,15+;/m1./s1. The average molecular weight is 508 g/mol. The fourth-order valence-electron chi connectivity index (χ4n) is 4.06. The molecule has 1 aromatic carbocycles. The van der Waals surface area contributed by atoms with E-state index in [2.05, 4.69) is 10.1 Å². The van der Waals surface area contributed by atoms with Gasteiger partial charge in [0.1, 0.15) is 17.3 Å². The van der Waals surface area contributed by atoms with Gasteiger partial charge in [0.25, 0.3) is 6.47 Å². The van der Waals surface area contributed by atoms with Crippen molar-refractivity contribution in [2.24, 2.45) is 5.73 Å². The SMILES string of the molecule is N[C@@H](CC(=O)N1CCC[C@H]1c1nc(C2(C(F)(F)F)CC2)no1)Cc1cc(F)c(F)cc1F.O=CO. The minimum atomic E-state index is -4.48. The number of carbonyl (C=O) groups is 2. The molecule has 14 heteroatoms. The molecule has 0 radical (unpaired) electrons. The number of amides is 1. The van der Waals surface area contributed by atoms with Gasteiger partial charge in [0, 0.05) is 25.1 Å². The summed E-state index contributed by atoms with van der Waals surface area (Å²) >= 11 is 0. The van der Waals surface area contributed by atoms with Crippen LogP contribution in [0.2, 0.25) is 0 Å². The molecule has 35 heavy (non-hydrogen) atoms. The second-order valence-corrected chi connectivity index (χ2v) is 8.41. The van der Waals surface area contributed by atoms with Crippen LogP contribution in [0.15, 0.2) is 16.7 Å². The molecule has 192 valence electrons. The number of rotatable bonds is 6. The van der Waals surface area contributed by atoms with Crippen molar-refractivity contribution in [2.75, 3.05) is 6.54 Å². The Hall–Kier alpha value is -3.16. The number of carbonyl (C=O) groups excluding carboxylic acids is 1. The first-order valence-corrected chi connectivity index (χ1v) is 10.6. The number of benzene rings is 1. The molecule has 3 N–H and O–H groups in total. The summed E-state index contributed by atoms with van der Waals surface area (Å²) in [6, 6.07) is -0.459. The molecule has 4 rings (SSSR count). The van der Waals surface area contributed by atoms with Gasteiger partial charge < -0.3 is 20.3 Å². The van der Waals surface area contributed by atoms with Crippen LogP contribution in [0.25, 0.3) is 0 Å². The Morgan fingerprint density at radius 1 is 1.26 bits per heavy atom. The van der Waals surface area contributed by atoms with E-state index >= 15 is 0 Å². The number of aromatic nitrogens is 2. The third-order valence-electron chi connectivity index (χ3n) is 6.03. The van der Waals surface area contributed by atoms with Gasteiger partial charge in [-0.1, -0.05) is 5.16 Å². The molecule has 2 aromatic rings. The van der Waals surface area contributed by atoms with Gasteiger partial charge in [-0.2, -0.15) is 18.2 Å². The monoisotopic (exact) mass is 508 g/mol. The minimum absolute atomic E-state index is 0.0680. The van der Waals surface area contributed by atoms with Crippen molar-refractivity contribution in [3.63, 3.8) is 0 Å². The number of nitrogens with two attached hydrogens (primary N) is 1. The van der Waals surface area contributed by atoms with Gasteiger partial charge in [0.2, 0.25) is 11.8 Å². The molecule has 1 amide bonds. The summed E-state index contributed by atoms with van der Waals surface area (Å²) in [7, 11) is 0. The summed E-state index contributed by atoms with van der Waals surface area (Å²) < 4.78 is 85.3. The lowest BCUT2D eigenvalue weighted by atomic mass is 10.0. The fourth-order valence-corrected chi connectivity index (χ4v) is 4.06. The maximum absolute atomic E-state index is 13.8. The van der Waals surface area contributed by atoms with E-state index in [4.69, 9.17) is 20.2 Å². The summed E-state index contributed by atoms with van der Waals surface area (Å²) in [4.78, 5) is 26.5. The second-order valence-electron chi connectivity index (χ2n) is 8.41. The lowest BCUT2D eigenvalue weighted by Gasteiger charge is -2.23. The zero-order chi connectivity index (χ0) is 26.0. The lowest BCUT2D eigenvalue weighted by molar-refractivity contribution is -0.162. The first-order valence-electron chi connectivity index (χ1n) is 10.6. The number of likely N-dealkylation sites (tertiary alicyclic amines) is 1. The summed E-state index contributed by atoms with van der Waals surface area (Å²) in [5.41, 5.74) is 3.68. The smallest absolute Gasteiger partial charge is 0.401 e. The highest BCUT2D eigenvalue weighted by Gasteiger charge is 2.67. The van der Waals surface area contributed by atoms with Crippen molar-refractivity contribution in [1.29, 1.82) is 0 Å². The molecule has 1 saturated heterocycles. The van der Waals surface area contributed by atoms with Crippen LogP contribution in [0.4, 0.5) is 26.3 Å². The average Bonchev–Trinajstić information content (AvgIpc) is 3.21. The predicted molar refractivity (Wildman–Crippen MR) is 106 cm³/mol. The Morgan fingerprint density at radius 2 is 1.89 bits per heavy atom. The van der Waals surface area contributed by atoms with Crippen molar-refractivity contribution in [3.8, 4) is 0 Å². The van der Waals surface area contributed by atoms with Crippen LogP contribution in [0, 0.1) is 17.5 Å². The summed E-state index contributed by atoms with van der Waals surface area (Å²) in [6.07, 6.45) is -4.14. The third-order valence-corrected chi connectivity index (χ3v) is 6.03. The molecular weight excluding hydrogens is 486 g/mol. The van der Waals surface area contributed by atoms with Crippen molar-refractivity contribution < 1.29 is 45.6 Å². The highest BCUT2D eigenvalue weighted by atomic mass is 19.4. The molecule has 2 atom stereocenters.